The number of anilines is 1. The molecule has 0 radical (unpaired) electrons. The number of fused-ring (bicyclic) bond motifs is 1. The highest BCUT2D eigenvalue weighted by Crippen LogP contribution is 2.30. The van der Waals surface area contributed by atoms with E-state index >= 15 is 0 Å². The number of thioether (sulfide) groups is 1. The molecular weight excluding hydrogens is 458 g/mol. The number of ether oxygens (including phenoxy) is 1. The quantitative estimate of drug-likeness (QED) is 0.295. The Morgan fingerprint density at radius 2 is 1.71 bits per heavy atom. The largest absolute Gasteiger partial charge is 0.496 e. The van der Waals surface area contributed by atoms with Gasteiger partial charge in [0.25, 0.3) is 5.91 Å². The minimum Gasteiger partial charge on any atom is -0.496 e. The number of rotatable bonds is 10. The molecule has 0 bridgehead atoms. The van der Waals surface area contributed by atoms with Crippen LogP contribution in [0.1, 0.15) is 22.8 Å². The van der Waals surface area contributed by atoms with Gasteiger partial charge in [-0.2, -0.15) is 0 Å². The van der Waals surface area contributed by atoms with Gasteiger partial charge >= 0.3 is 0 Å². The van der Waals surface area contributed by atoms with Gasteiger partial charge < -0.3 is 19.9 Å². The number of methoxy groups -OCH3 is 1. The van der Waals surface area contributed by atoms with Crippen LogP contribution in [0.3, 0.4) is 0 Å². The molecule has 3 aromatic carbocycles. The van der Waals surface area contributed by atoms with Crippen molar-refractivity contribution in [2.24, 2.45) is 0 Å². The average Bonchev–Trinajstić information content (AvgIpc) is 3.25. The third-order valence-corrected chi connectivity index (χ3v) is 6.79. The summed E-state index contributed by atoms with van der Waals surface area (Å²) >= 11 is 1.51. The molecule has 0 aliphatic heterocycles. The molecule has 2 amide bonds. The summed E-state index contributed by atoms with van der Waals surface area (Å²) in [7, 11) is 1.56. The van der Waals surface area contributed by atoms with Gasteiger partial charge in [-0.1, -0.05) is 49.4 Å². The summed E-state index contributed by atoms with van der Waals surface area (Å²) in [4.78, 5) is 26.2. The molecule has 1 heterocycles. The van der Waals surface area contributed by atoms with E-state index in [1.807, 2.05) is 54.7 Å². The SMILES string of the molecule is CCc1ccc(NC(=O)CSc2cn(CCNC(=O)c3ccccc3OC)c3ccccc23)cc1. The molecule has 0 atom stereocenters. The van der Waals surface area contributed by atoms with Crippen LogP contribution in [0.15, 0.2) is 83.9 Å². The van der Waals surface area contributed by atoms with Gasteiger partial charge in [0.05, 0.1) is 18.4 Å². The lowest BCUT2D eigenvalue weighted by atomic mass is 10.1. The van der Waals surface area contributed by atoms with Gasteiger partial charge in [0.2, 0.25) is 5.91 Å². The molecule has 0 fully saturated rings. The second kappa shape index (κ2) is 11.6. The first-order valence-corrected chi connectivity index (χ1v) is 12.6. The number of nitrogens with one attached hydrogen (secondary N) is 2. The van der Waals surface area contributed by atoms with Gasteiger partial charge in [0, 0.05) is 40.8 Å². The van der Waals surface area contributed by atoms with E-state index in [0.29, 0.717) is 30.2 Å². The van der Waals surface area contributed by atoms with Crippen molar-refractivity contribution < 1.29 is 14.3 Å². The number of nitrogens with zero attached hydrogens (tertiary/aromatic N) is 1. The van der Waals surface area contributed by atoms with Crippen LogP contribution in [0.25, 0.3) is 10.9 Å². The molecule has 2 N–H and O–H groups in total. The highest BCUT2D eigenvalue weighted by atomic mass is 32.2. The second-order valence-corrected chi connectivity index (χ2v) is 9.06. The zero-order chi connectivity index (χ0) is 24.6. The van der Waals surface area contributed by atoms with Crippen molar-refractivity contribution in [3.8, 4) is 5.75 Å². The molecule has 0 saturated heterocycles. The molecule has 0 spiro atoms. The highest BCUT2D eigenvalue weighted by molar-refractivity contribution is 8.00. The van der Waals surface area contributed by atoms with Crippen molar-refractivity contribution in [1.29, 1.82) is 0 Å². The Kier molecular flexibility index (Phi) is 8.11. The zero-order valence-corrected chi connectivity index (χ0v) is 20.7. The van der Waals surface area contributed by atoms with E-state index < -0.39 is 0 Å². The molecule has 180 valence electrons. The minimum atomic E-state index is -0.169. The highest BCUT2D eigenvalue weighted by Gasteiger charge is 2.13. The summed E-state index contributed by atoms with van der Waals surface area (Å²) in [5.74, 6) is 0.653. The molecule has 35 heavy (non-hydrogen) atoms. The molecule has 4 rings (SSSR count). The molecular formula is C28H29N3O3S. The number of para-hydroxylation sites is 2. The van der Waals surface area contributed by atoms with Gasteiger partial charge in [-0.05, 0) is 42.3 Å². The van der Waals surface area contributed by atoms with Crippen LogP contribution in [0, 0.1) is 0 Å². The summed E-state index contributed by atoms with van der Waals surface area (Å²) in [5.41, 5.74) is 3.63. The molecule has 4 aromatic rings. The van der Waals surface area contributed by atoms with Crippen LogP contribution in [-0.2, 0) is 17.8 Å². The molecule has 1 aromatic heterocycles. The fourth-order valence-corrected chi connectivity index (χ4v) is 4.78. The number of carbonyl (C=O) groups excluding carboxylic acids is 2. The van der Waals surface area contributed by atoms with Crippen LogP contribution in [0.2, 0.25) is 0 Å². The topological polar surface area (TPSA) is 72.4 Å². The summed E-state index contributed by atoms with van der Waals surface area (Å²) in [6.07, 6.45) is 3.02. The van der Waals surface area contributed by atoms with Gasteiger partial charge in [-0.15, -0.1) is 11.8 Å². The van der Waals surface area contributed by atoms with Crippen molar-refractivity contribution in [3.05, 3.63) is 90.1 Å². The van der Waals surface area contributed by atoms with E-state index in [2.05, 4.69) is 34.3 Å². The maximum atomic E-state index is 12.6. The third-order valence-electron chi connectivity index (χ3n) is 5.75. The Morgan fingerprint density at radius 3 is 2.49 bits per heavy atom. The first-order valence-electron chi connectivity index (χ1n) is 11.6. The first kappa shape index (κ1) is 24.4. The van der Waals surface area contributed by atoms with Crippen molar-refractivity contribution in [3.63, 3.8) is 0 Å². The number of aromatic nitrogens is 1. The van der Waals surface area contributed by atoms with Crippen LogP contribution in [0.4, 0.5) is 5.69 Å². The number of aryl methyl sites for hydroxylation is 1. The fraction of sp³-hybridized carbons (Fsp3) is 0.214. The Morgan fingerprint density at radius 1 is 0.971 bits per heavy atom. The number of hydrogen-bond acceptors (Lipinski definition) is 4. The molecule has 7 heteroatoms. The van der Waals surface area contributed by atoms with Crippen LogP contribution in [0.5, 0.6) is 5.75 Å². The maximum Gasteiger partial charge on any atom is 0.255 e. The van der Waals surface area contributed by atoms with Crippen molar-refractivity contribution in [1.82, 2.24) is 9.88 Å². The second-order valence-electron chi connectivity index (χ2n) is 8.05. The van der Waals surface area contributed by atoms with Gasteiger partial charge in [-0.3, -0.25) is 9.59 Å². The Labute approximate surface area is 209 Å². The van der Waals surface area contributed by atoms with E-state index in [1.165, 1.54) is 17.3 Å². The Bertz CT molecular complexity index is 1310. The van der Waals surface area contributed by atoms with E-state index in [-0.39, 0.29) is 11.8 Å². The normalized spacial score (nSPS) is 10.8. The van der Waals surface area contributed by atoms with Gasteiger partial charge in [-0.25, -0.2) is 0 Å². The van der Waals surface area contributed by atoms with E-state index in [4.69, 9.17) is 4.74 Å². The predicted octanol–water partition coefficient (Wildman–Crippen LogP) is 5.37. The summed E-state index contributed by atoms with van der Waals surface area (Å²) in [5, 5.41) is 7.03. The van der Waals surface area contributed by atoms with Crippen molar-refractivity contribution >= 4 is 40.2 Å². The Hall–Kier alpha value is -3.71. The molecule has 0 saturated carbocycles. The Balaban J connectivity index is 1.37. The maximum absolute atomic E-state index is 12.6. The third kappa shape index (κ3) is 6.05. The molecule has 6 nitrogen and oxygen atoms in total. The lowest BCUT2D eigenvalue weighted by Gasteiger charge is -2.10. The minimum absolute atomic E-state index is 0.0415. The van der Waals surface area contributed by atoms with Gasteiger partial charge in [0.1, 0.15) is 5.75 Å². The summed E-state index contributed by atoms with van der Waals surface area (Å²) < 4.78 is 7.40. The van der Waals surface area contributed by atoms with Crippen LogP contribution < -0.4 is 15.4 Å². The standard InChI is InChI=1S/C28H29N3O3S/c1-3-20-12-14-21(15-13-20)30-27(32)19-35-26-18-31(24-10-6-4-8-22(24)26)17-16-29-28(33)23-9-5-7-11-25(23)34-2/h4-15,18H,3,16-17,19H2,1-2H3,(H,29,33)(H,30,32). The molecule has 0 aliphatic rings. The lowest BCUT2D eigenvalue weighted by molar-refractivity contribution is -0.113. The molecule has 0 unspecified atom stereocenters. The summed E-state index contributed by atoms with van der Waals surface area (Å²) in [6.45, 7) is 3.18. The monoisotopic (exact) mass is 487 g/mol. The van der Waals surface area contributed by atoms with E-state index in [9.17, 15) is 9.59 Å². The van der Waals surface area contributed by atoms with Crippen LogP contribution >= 0.6 is 11.8 Å². The number of benzene rings is 3. The average molecular weight is 488 g/mol. The smallest absolute Gasteiger partial charge is 0.255 e. The summed E-state index contributed by atoms with van der Waals surface area (Å²) in [6, 6.07) is 23.2. The van der Waals surface area contributed by atoms with Crippen molar-refractivity contribution in [2.45, 2.75) is 24.8 Å². The van der Waals surface area contributed by atoms with Gasteiger partial charge in [0.15, 0.2) is 0 Å². The van der Waals surface area contributed by atoms with E-state index in [0.717, 1.165) is 27.9 Å². The number of hydrogen-bond donors (Lipinski definition) is 2. The fourth-order valence-electron chi connectivity index (χ4n) is 3.89. The van der Waals surface area contributed by atoms with E-state index in [1.54, 1.807) is 19.2 Å². The first-order chi connectivity index (χ1) is 17.1. The number of carbonyl (C=O) groups is 2. The van der Waals surface area contributed by atoms with Crippen LogP contribution in [-0.4, -0.2) is 35.8 Å². The number of amides is 2. The van der Waals surface area contributed by atoms with Crippen molar-refractivity contribution in [2.75, 3.05) is 24.7 Å². The zero-order valence-electron chi connectivity index (χ0n) is 19.9. The lowest BCUT2D eigenvalue weighted by Crippen LogP contribution is -2.27. The molecule has 0 aliphatic carbocycles. The predicted molar refractivity (Wildman–Crippen MR) is 142 cm³/mol.